The van der Waals surface area contributed by atoms with Gasteiger partial charge in [-0.25, -0.2) is 0 Å². The van der Waals surface area contributed by atoms with Crippen molar-refractivity contribution < 1.29 is 9.53 Å². The Kier molecular flexibility index (Phi) is 9.65. The maximum Gasteiger partial charge on any atom is 0.257 e. The fourth-order valence-electron chi connectivity index (χ4n) is 3.01. The van der Waals surface area contributed by atoms with Crippen molar-refractivity contribution in [3.8, 4) is 5.75 Å². The smallest absolute Gasteiger partial charge is 0.257 e. The lowest BCUT2D eigenvalue weighted by Gasteiger charge is -2.17. The molecular weight excluding hydrogens is 380 g/mol. The van der Waals surface area contributed by atoms with E-state index >= 15 is 0 Å². The number of carbonyl (C=O) groups excluding carboxylic acids is 1. The van der Waals surface area contributed by atoms with Crippen molar-refractivity contribution in [2.24, 2.45) is 0 Å². The zero-order valence-corrected chi connectivity index (χ0v) is 18.5. The summed E-state index contributed by atoms with van der Waals surface area (Å²) in [5, 5.41) is 6.21. The Labute approximate surface area is 180 Å². The maximum atomic E-state index is 12.5. The van der Waals surface area contributed by atoms with Gasteiger partial charge in [-0.05, 0) is 66.9 Å². The molecule has 0 aliphatic heterocycles. The topological polar surface area (TPSA) is 50.4 Å². The van der Waals surface area contributed by atoms with Gasteiger partial charge in [-0.15, -0.1) is 0 Å². The van der Waals surface area contributed by atoms with Crippen LogP contribution in [0.1, 0.15) is 74.7 Å². The molecule has 0 heterocycles. The van der Waals surface area contributed by atoms with E-state index in [1.54, 1.807) is 12.1 Å². The molecule has 2 N–H and O–H groups in total. The quantitative estimate of drug-likeness (QED) is 0.356. The second kappa shape index (κ2) is 12.2. The minimum atomic E-state index is -0.238. The first-order chi connectivity index (χ1) is 14.0. The molecule has 2 aromatic carbocycles. The Balaban J connectivity index is 1.88. The van der Waals surface area contributed by atoms with Gasteiger partial charge in [0.05, 0.1) is 6.61 Å². The van der Waals surface area contributed by atoms with Gasteiger partial charge in [0.25, 0.3) is 5.91 Å². The summed E-state index contributed by atoms with van der Waals surface area (Å²) in [5.74, 6) is 0.950. The average molecular weight is 413 g/mol. The largest absolute Gasteiger partial charge is 0.494 e. The first-order valence-corrected chi connectivity index (χ1v) is 10.9. The molecule has 5 heteroatoms. The standard InChI is InChI=1S/C24H32N2O2S/c1-4-6-7-10-17-28-20-15-13-19(14-16-20)23(27)26-24(29)25-22-12-9-8-11-21(22)18(3)5-2/h8-9,11-16,18H,4-7,10,17H2,1-3H3,(H2,25,26,27,29). The van der Waals surface area contributed by atoms with Crippen LogP contribution in [0.3, 0.4) is 0 Å². The molecule has 0 aliphatic carbocycles. The first-order valence-electron chi connectivity index (χ1n) is 10.5. The van der Waals surface area contributed by atoms with Crippen LogP contribution in [0.25, 0.3) is 0 Å². The molecule has 156 valence electrons. The van der Waals surface area contributed by atoms with Crippen LogP contribution < -0.4 is 15.4 Å². The SMILES string of the molecule is CCCCCCOc1ccc(C(=O)NC(=S)Nc2ccccc2C(C)CC)cc1. The number of anilines is 1. The van der Waals surface area contributed by atoms with E-state index in [-0.39, 0.29) is 5.91 Å². The first kappa shape index (κ1) is 22.9. The van der Waals surface area contributed by atoms with Gasteiger partial charge in [-0.2, -0.15) is 0 Å². The van der Waals surface area contributed by atoms with Crippen LogP contribution >= 0.6 is 12.2 Å². The number of nitrogens with one attached hydrogen (secondary N) is 2. The number of carbonyl (C=O) groups is 1. The molecule has 1 amide bonds. The molecule has 0 saturated heterocycles. The van der Waals surface area contributed by atoms with E-state index in [9.17, 15) is 4.79 Å². The van der Waals surface area contributed by atoms with Gasteiger partial charge >= 0.3 is 0 Å². The van der Waals surface area contributed by atoms with E-state index in [0.29, 0.717) is 23.2 Å². The lowest BCUT2D eigenvalue weighted by Crippen LogP contribution is -2.34. The van der Waals surface area contributed by atoms with E-state index in [0.717, 1.165) is 24.3 Å². The highest BCUT2D eigenvalue weighted by molar-refractivity contribution is 7.80. The Morgan fingerprint density at radius 3 is 2.45 bits per heavy atom. The third kappa shape index (κ3) is 7.50. The summed E-state index contributed by atoms with van der Waals surface area (Å²) >= 11 is 5.34. The monoisotopic (exact) mass is 412 g/mol. The Bertz CT molecular complexity index is 790. The van der Waals surface area contributed by atoms with Crippen molar-refractivity contribution >= 4 is 28.9 Å². The summed E-state index contributed by atoms with van der Waals surface area (Å²) in [6.07, 6.45) is 5.71. The van der Waals surface area contributed by atoms with E-state index in [1.165, 1.54) is 24.8 Å². The third-order valence-corrected chi connectivity index (χ3v) is 5.17. The molecule has 2 aromatic rings. The Morgan fingerprint density at radius 2 is 1.76 bits per heavy atom. The minimum absolute atomic E-state index is 0.238. The zero-order chi connectivity index (χ0) is 21.1. The molecule has 29 heavy (non-hydrogen) atoms. The second-order valence-corrected chi connectivity index (χ2v) is 7.65. The van der Waals surface area contributed by atoms with Crippen molar-refractivity contribution in [2.45, 2.75) is 58.8 Å². The van der Waals surface area contributed by atoms with Crippen LogP contribution in [0.4, 0.5) is 5.69 Å². The van der Waals surface area contributed by atoms with Gasteiger partial charge in [-0.3, -0.25) is 10.1 Å². The Morgan fingerprint density at radius 1 is 1.03 bits per heavy atom. The van der Waals surface area contributed by atoms with Crippen LogP contribution in [-0.4, -0.2) is 17.6 Å². The molecule has 1 atom stereocenters. The Hall–Kier alpha value is -2.40. The molecule has 2 rings (SSSR count). The number of ether oxygens (including phenoxy) is 1. The van der Waals surface area contributed by atoms with Crippen LogP contribution in [0.5, 0.6) is 5.75 Å². The summed E-state index contributed by atoms with van der Waals surface area (Å²) in [6, 6.07) is 15.2. The van der Waals surface area contributed by atoms with Crippen molar-refractivity contribution in [1.29, 1.82) is 0 Å². The number of benzene rings is 2. The third-order valence-electron chi connectivity index (χ3n) is 4.96. The van der Waals surface area contributed by atoms with Gasteiger partial charge in [0, 0.05) is 11.3 Å². The molecule has 4 nitrogen and oxygen atoms in total. The van der Waals surface area contributed by atoms with Crippen molar-refractivity contribution in [1.82, 2.24) is 5.32 Å². The molecule has 0 bridgehead atoms. The number of thiocarbonyl (C=S) groups is 1. The van der Waals surface area contributed by atoms with Crippen molar-refractivity contribution in [3.63, 3.8) is 0 Å². The number of hydrogen-bond donors (Lipinski definition) is 2. The molecule has 0 aromatic heterocycles. The van der Waals surface area contributed by atoms with E-state index in [1.807, 2.05) is 30.3 Å². The predicted octanol–water partition coefficient (Wildman–Crippen LogP) is 6.29. The van der Waals surface area contributed by atoms with E-state index < -0.39 is 0 Å². The van der Waals surface area contributed by atoms with E-state index in [4.69, 9.17) is 17.0 Å². The van der Waals surface area contributed by atoms with Crippen LogP contribution in [-0.2, 0) is 0 Å². The highest BCUT2D eigenvalue weighted by Crippen LogP contribution is 2.26. The van der Waals surface area contributed by atoms with E-state index in [2.05, 4.69) is 37.5 Å². The molecular formula is C24H32N2O2S. The van der Waals surface area contributed by atoms with Crippen molar-refractivity contribution in [3.05, 3.63) is 59.7 Å². The highest BCUT2D eigenvalue weighted by Gasteiger charge is 2.12. The highest BCUT2D eigenvalue weighted by atomic mass is 32.1. The van der Waals surface area contributed by atoms with Gasteiger partial charge in [0.15, 0.2) is 5.11 Å². The van der Waals surface area contributed by atoms with Gasteiger partial charge < -0.3 is 10.1 Å². The number of rotatable bonds is 10. The number of para-hydroxylation sites is 1. The second-order valence-electron chi connectivity index (χ2n) is 7.24. The minimum Gasteiger partial charge on any atom is -0.494 e. The van der Waals surface area contributed by atoms with Crippen LogP contribution in [0.2, 0.25) is 0 Å². The normalized spacial score (nSPS) is 11.6. The van der Waals surface area contributed by atoms with Gasteiger partial charge in [0.2, 0.25) is 0 Å². The number of unbranched alkanes of at least 4 members (excludes halogenated alkanes) is 3. The summed E-state index contributed by atoms with van der Waals surface area (Å²) in [6.45, 7) is 7.22. The molecule has 0 spiro atoms. The molecule has 0 aliphatic rings. The van der Waals surface area contributed by atoms with Crippen molar-refractivity contribution in [2.75, 3.05) is 11.9 Å². The lowest BCUT2D eigenvalue weighted by atomic mass is 9.97. The molecule has 0 radical (unpaired) electrons. The average Bonchev–Trinajstić information content (AvgIpc) is 2.73. The number of amides is 1. The maximum absolute atomic E-state index is 12.5. The van der Waals surface area contributed by atoms with Crippen LogP contribution in [0, 0.1) is 0 Å². The molecule has 1 unspecified atom stereocenters. The fraction of sp³-hybridized carbons (Fsp3) is 0.417. The fourth-order valence-corrected chi connectivity index (χ4v) is 3.21. The molecule has 0 fully saturated rings. The summed E-state index contributed by atoms with van der Waals surface area (Å²) in [4.78, 5) is 12.5. The molecule has 0 saturated carbocycles. The van der Waals surface area contributed by atoms with Gasteiger partial charge in [0.1, 0.15) is 5.75 Å². The van der Waals surface area contributed by atoms with Gasteiger partial charge in [-0.1, -0.05) is 58.2 Å². The van der Waals surface area contributed by atoms with Crippen LogP contribution in [0.15, 0.2) is 48.5 Å². The summed E-state index contributed by atoms with van der Waals surface area (Å²) in [7, 11) is 0. The zero-order valence-electron chi connectivity index (χ0n) is 17.7. The predicted molar refractivity (Wildman–Crippen MR) is 125 cm³/mol. The lowest BCUT2D eigenvalue weighted by molar-refractivity contribution is 0.0977. The number of hydrogen-bond acceptors (Lipinski definition) is 3. The summed E-state index contributed by atoms with van der Waals surface area (Å²) in [5.41, 5.74) is 2.66. The summed E-state index contributed by atoms with van der Waals surface area (Å²) < 4.78 is 5.72.